The van der Waals surface area contributed by atoms with E-state index in [9.17, 15) is 4.79 Å². The van der Waals surface area contributed by atoms with Crippen molar-refractivity contribution in [2.24, 2.45) is 0 Å². The molecule has 5 nitrogen and oxygen atoms in total. The van der Waals surface area contributed by atoms with E-state index < -0.39 is 0 Å². The summed E-state index contributed by atoms with van der Waals surface area (Å²) in [6, 6.07) is 18.7. The number of nitrogens with one attached hydrogen (secondary N) is 1. The average Bonchev–Trinajstić information content (AvgIpc) is 3.16. The molecular formula is C24H28N4OS2. The number of aromatic nitrogens is 3. The van der Waals surface area contributed by atoms with E-state index >= 15 is 0 Å². The molecule has 0 saturated heterocycles. The molecule has 31 heavy (non-hydrogen) atoms. The summed E-state index contributed by atoms with van der Waals surface area (Å²) in [6.45, 7) is 7.20. The zero-order valence-corrected chi connectivity index (χ0v) is 19.4. The number of aryl methyl sites for hydroxylation is 1. The summed E-state index contributed by atoms with van der Waals surface area (Å²) in [7, 11) is 0. The molecular weight excluding hydrogens is 424 g/mol. The Morgan fingerprint density at radius 3 is 2.58 bits per heavy atom. The second kappa shape index (κ2) is 12.4. The van der Waals surface area contributed by atoms with Gasteiger partial charge in [0, 0.05) is 18.8 Å². The highest BCUT2D eigenvalue weighted by Crippen LogP contribution is 2.22. The molecule has 0 aliphatic rings. The highest BCUT2D eigenvalue weighted by Gasteiger charge is 2.13. The van der Waals surface area contributed by atoms with Crippen LogP contribution >= 0.6 is 23.5 Å². The number of carbonyl (C=O) groups is 1. The molecule has 0 unspecified atom stereocenters. The van der Waals surface area contributed by atoms with Crippen molar-refractivity contribution in [3.8, 4) is 0 Å². The summed E-state index contributed by atoms with van der Waals surface area (Å²) < 4.78 is 2.04. The number of thioether (sulfide) groups is 2. The first-order valence-corrected chi connectivity index (χ1v) is 12.4. The van der Waals surface area contributed by atoms with Crippen LogP contribution in [0.3, 0.4) is 0 Å². The number of allylic oxidation sites excluding steroid dienone is 1. The van der Waals surface area contributed by atoms with Crippen LogP contribution in [0.5, 0.6) is 0 Å². The van der Waals surface area contributed by atoms with Gasteiger partial charge in [-0.3, -0.25) is 4.79 Å². The maximum absolute atomic E-state index is 12.2. The topological polar surface area (TPSA) is 59.8 Å². The number of hydrogen-bond donors (Lipinski definition) is 1. The molecule has 0 bridgehead atoms. The van der Waals surface area contributed by atoms with Crippen molar-refractivity contribution < 1.29 is 4.79 Å². The van der Waals surface area contributed by atoms with E-state index in [2.05, 4.69) is 65.4 Å². The first-order chi connectivity index (χ1) is 15.2. The van der Waals surface area contributed by atoms with Crippen molar-refractivity contribution in [1.82, 2.24) is 20.1 Å². The van der Waals surface area contributed by atoms with E-state index in [1.165, 1.54) is 28.5 Å². The molecule has 3 aromatic rings. The van der Waals surface area contributed by atoms with Crippen molar-refractivity contribution in [2.45, 2.75) is 36.6 Å². The zero-order valence-electron chi connectivity index (χ0n) is 17.8. The van der Waals surface area contributed by atoms with E-state index in [-0.39, 0.29) is 5.91 Å². The van der Waals surface area contributed by atoms with Crippen LogP contribution in [0.15, 0.2) is 72.4 Å². The molecule has 0 aliphatic carbocycles. The first kappa shape index (κ1) is 23.2. The molecule has 0 fully saturated rings. The first-order valence-electron chi connectivity index (χ1n) is 10.3. The van der Waals surface area contributed by atoms with Gasteiger partial charge in [0.2, 0.25) is 5.91 Å². The Morgan fingerprint density at radius 1 is 1.06 bits per heavy atom. The Hall–Kier alpha value is -2.51. The summed E-state index contributed by atoms with van der Waals surface area (Å²) in [5.41, 5.74) is 3.78. The molecule has 1 amide bonds. The van der Waals surface area contributed by atoms with Gasteiger partial charge in [-0.1, -0.05) is 78.0 Å². The minimum atomic E-state index is 0.00406. The molecule has 2 aromatic carbocycles. The predicted octanol–water partition coefficient (Wildman–Crippen LogP) is 4.66. The van der Waals surface area contributed by atoms with Crippen molar-refractivity contribution in [3.05, 3.63) is 89.8 Å². The van der Waals surface area contributed by atoms with E-state index in [1.807, 2.05) is 28.8 Å². The van der Waals surface area contributed by atoms with Gasteiger partial charge in [-0.15, -0.1) is 28.5 Å². The Kier molecular flexibility index (Phi) is 9.24. The Balaban J connectivity index is 1.46. The summed E-state index contributed by atoms with van der Waals surface area (Å²) >= 11 is 3.22. The lowest BCUT2D eigenvalue weighted by Gasteiger charge is -2.08. The molecule has 0 spiro atoms. The lowest BCUT2D eigenvalue weighted by Crippen LogP contribution is -2.27. The van der Waals surface area contributed by atoms with Crippen molar-refractivity contribution in [3.63, 3.8) is 0 Å². The molecule has 7 heteroatoms. The fraction of sp³-hybridized carbons (Fsp3) is 0.292. The highest BCUT2D eigenvalue weighted by molar-refractivity contribution is 7.99. The number of amides is 1. The van der Waals surface area contributed by atoms with Crippen LogP contribution in [0.2, 0.25) is 0 Å². The van der Waals surface area contributed by atoms with E-state index in [1.54, 1.807) is 11.8 Å². The van der Waals surface area contributed by atoms with Crippen LogP contribution < -0.4 is 5.32 Å². The Morgan fingerprint density at radius 2 is 1.84 bits per heavy atom. The lowest BCUT2D eigenvalue weighted by atomic mass is 10.1. The van der Waals surface area contributed by atoms with Crippen LogP contribution in [0.25, 0.3) is 0 Å². The van der Waals surface area contributed by atoms with Gasteiger partial charge in [-0.05, 0) is 24.5 Å². The summed E-state index contributed by atoms with van der Waals surface area (Å²) in [4.78, 5) is 12.2. The van der Waals surface area contributed by atoms with Crippen LogP contribution in [-0.2, 0) is 29.3 Å². The predicted molar refractivity (Wildman–Crippen MR) is 130 cm³/mol. The van der Waals surface area contributed by atoms with Gasteiger partial charge >= 0.3 is 0 Å². The molecule has 1 heterocycles. The maximum Gasteiger partial charge on any atom is 0.230 e. The second-order valence-electron chi connectivity index (χ2n) is 7.15. The van der Waals surface area contributed by atoms with Gasteiger partial charge in [-0.2, -0.15) is 0 Å². The van der Waals surface area contributed by atoms with Crippen LogP contribution in [0.1, 0.15) is 22.5 Å². The third-order valence-electron chi connectivity index (χ3n) is 4.64. The molecule has 0 saturated carbocycles. The minimum absolute atomic E-state index is 0.00406. The highest BCUT2D eigenvalue weighted by atomic mass is 32.2. The number of benzene rings is 2. The summed E-state index contributed by atoms with van der Waals surface area (Å²) in [6.07, 6.45) is 2.66. The molecule has 0 radical (unpaired) electrons. The van der Waals surface area contributed by atoms with Gasteiger partial charge in [0.05, 0.1) is 11.5 Å². The van der Waals surface area contributed by atoms with Gasteiger partial charge in [0.1, 0.15) is 5.82 Å². The van der Waals surface area contributed by atoms with Crippen LogP contribution in [0.4, 0.5) is 0 Å². The number of rotatable bonds is 12. The van der Waals surface area contributed by atoms with Crippen LogP contribution in [-0.4, -0.2) is 33.0 Å². The number of nitrogens with zero attached hydrogens (tertiary/aromatic N) is 3. The SMILES string of the molecule is C=CCn1c(CSCc2ccc(C)cc2)nnc1SCC(=O)NCCc1ccccc1. The van der Waals surface area contributed by atoms with Crippen molar-refractivity contribution >= 4 is 29.4 Å². The molecule has 0 atom stereocenters. The molecule has 162 valence electrons. The minimum Gasteiger partial charge on any atom is -0.355 e. The fourth-order valence-corrected chi connectivity index (χ4v) is 4.68. The van der Waals surface area contributed by atoms with Crippen molar-refractivity contribution in [1.29, 1.82) is 0 Å². The van der Waals surface area contributed by atoms with Gasteiger partial charge in [0.25, 0.3) is 0 Å². The fourth-order valence-electron chi connectivity index (χ4n) is 2.96. The molecule has 1 N–H and O–H groups in total. The third kappa shape index (κ3) is 7.60. The normalized spacial score (nSPS) is 10.7. The largest absolute Gasteiger partial charge is 0.355 e. The number of carbonyl (C=O) groups excluding carboxylic acids is 1. The third-order valence-corrected chi connectivity index (χ3v) is 6.60. The van der Waals surface area contributed by atoms with Gasteiger partial charge < -0.3 is 9.88 Å². The number of hydrogen-bond acceptors (Lipinski definition) is 5. The Bertz CT molecular complexity index is 971. The summed E-state index contributed by atoms with van der Waals surface area (Å²) in [5, 5.41) is 12.4. The average molecular weight is 453 g/mol. The monoisotopic (exact) mass is 452 g/mol. The van der Waals surface area contributed by atoms with E-state index in [0.717, 1.165) is 28.9 Å². The molecule has 3 rings (SSSR count). The quantitative estimate of drug-likeness (QED) is 0.320. The standard InChI is InChI=1S/C24H28N4OS2/c1-3-15-28-22(17-30-16-21-11-9-19(2)10-12-21)26-27-24(28)31-18-23(29)25-14-13-20-7-5-4-6-8-20/h3-12H,1,13-18H2,2H3,(H,25,29). The zero-order chi connectivity index (χ0) is 21.9. The molecule has 1 aromatic heterocycles. The van der Waals surface area contributed by atoms with E-state index in [4.69, 9.17) is 0 Å². The second-order valence-corrected chi connectivity index (χ2v) is 9.08. The Labute approximate surface area is 192 Å². The van der Waals surface area contributed by atoms with Crippen LogP contribution in [0, 0.1) is 6.92 Å². The van der Waals surface area contributed by atoms with Gasteiger partial charge in [0.15, 0.2) is 5.16 Å². The lowest BCUT2D eigenvalue weighted by molar-refractivity contribution is -0.118. The van der Waals surface area contributed by atoms with Crippen molar-refractivity contribution in [2.75, 3.05) is 12.3 Å². The smallest absolute Gasteiger partial charge is 0.230 e. The van der Waals surface area contributed by atoms with E-state index in [0.29, 0.717) is 18.8 Å². The van der Waals surface area contributed by atoms with Gasteiger partial charge in [-0.25, -0.2) is 0 Å². The molecule has 0 aliphatic heterocycles. The maximum atomic E-state index is 12.2. The summed E-state index contributed by atoms with van der Waals surface area (Å²) in [5.74, 6) is 2.92.